The molecule has 1 rings (SSSR count). The average Bonchev–Trinajstić information content (AvgIpc) is 2.34. The fourth-order valence-corrected chi connectivity index (χ4v) is 0.500. The number of carbonyl (C=O) groups is 1. The van der Waals surface area contributed by atoms with Crippen LogP contribution in [0.15, 0.2) is 16.7 Å². The molecule has 0 amide bonds. The molecular weight excluding hydrogens is 138 g/mol. The van der Waals surface area contributed by atoms with Crippen LogP contribution in [0, 0.1) is 10.1 Å². The Balaban J connectivity index is 2.98. The molecule has 0 aromatic carbocycles. The molecule has 0 atom stereocenters. The molecule has 0 unspecified atom stereocenters. The highest BCUT2D eigenvalue weighted by molar-refractivity contribution is 5.71. The molecule has 5 heteroatoms. The fraction of sp³-hybridized carbons (Fsp3) is 0. The molecule has 1 aromatic rings. The molecule has 0 spiro atoms. The van der Waals surface area contributed by atoms with E-state index in [1.54, 1.807) is 0 Å². The lowest BCUT2D eigenvalue weighted by Crippen LogP contribution is -1.82. The van der Waals surface area contributed by atoms with E-state index >= 15 is 0 Å². The van der Waals surface area contributed by atoms with Gasteiger partial charge in [0.05, 0.1) is 11.0 Å². The van der Waals surface area contributed by atoms with Gasteiger partial charge >= 0.3 is 5.69 Å². The van der Waals surface area contributed by atoms with Crippen molar-refractivity contribution in [3.8, 4) is 0 Å². The van der Waals surface area contributed by atoms with Crippen LogP contribution in [0.5, 0.6) is 0 Å². The molecule has 0 fully saturated rings. The molecule has 0 aliphatic rings. The smallest absolute Gasteiger partial charge is 0.307 e. The van der Waals surface area contributed by atoms with Crippen LogP contribution in [0.1, 0.15) is 10.6 Å². The maximum Gasteiger partial charge on any atom is 0.307 e. The first kappa shape index (κ1) is 6.47. The van der Waals surface area contributed by atoms with E-state index in [4.69, 9.17) is 0 Å². The van der Waals surface area contributed by atoms with Gasteiger partial charge in [-0.05, 0) is 0 Å². The summed E-state index contributed by atoms with van der Waals surface area (Å²) in [5, 5.41) is 9.96. The van der Waals surface area contributed by atoms with Crippen LogP contribution in [0.25, 0.3) is 0 Å². The van der Waals surface area contributed by atoms with Gasteiger partial charge in [0.1, 0.15) is 0 Å². The van der Waals surface area contributed by atoms with Gasteiger partial charge in [0.25, 0.3) is 0 Å². The van der Waals surface area contributed by atoms with Crippen LogP contribution in [0.3, 0.4) is 0 Å². The summed E-state index contributed by atoms with van der Waals surface area (Å²) >= 11 is 0. The Morgan fingerprint density at radius 3 is 2.70 bits per heavy atom. The Kier molecular flexibility index (Phi) is 1.49. The van der Waals surface area contributed by atoms with Crippen LogP contribution >= 0.6 is 0 Å². The molecule has 0 bridgehead atoms. The number of rotatable bonds is 2. The van der Waals surface area contributed by atoms with Crippen LogP contribution in [-0.2, 0) is 0 Å². The van der Waals surface area contributed by atoms with Gasteiger partial charge in [-0.2, -0.15) is 0 Å². The van der Waals surface area contributed by atoms with E-state index in [-0.39, 0.29) is 11.4 Å². The van der Waals surface area contributed by atoms with Crippen molar-refractivity contribution in [1.29, 1.82) is 0 Å². The summed E-state index contributed by atoms with van der Waals surface area (Å²) in [6.45, 7) is 0. The van der Waals surface area contributed by atoms with Crippen molar-refractivity contribution >= 4 is 12.0 Å². The molecule has 1 aromatic heterocycles. The van der Waals surface area contributed by atoms with Crippen molar-refractivity contribution in [2.45, 2.75) is 0 Å². The van der Waals surface area contributed by atoms with Gasteiger partial charge in [-0.15, -0.1) is 0 Å². The van der Waals surface area contributed by atoms with Gasteiger partial charge in [0.15, 0.2) is 18.3 Å². The maximum atomic E-state index is 9.96. The fourth-order valence-electron chi connectivity index (χ4n) is 0.500. The second-order valence-corrected chi connectivity index (χ2v) is 1.58. The van der Waals surface area contributed by atoms with Gasteiger partial charge in [-0.1, -0.05) is 0 Å². The summed E-state index contributed by atoms with van der Waals surface area (Å²) in [4.78, 5) is 19.3. The highest BCUT2D eigenvalue weighted by Gasteiger charge is 2.09. The van der Waals surface area contributed by atoms with E-state index in [2.05, 4.69) is 4.42 Å². The van der Waals surface area contributed by atoms with E-state index in [1.807, 2.05) is 0 Å². The summed E-state index contributed by atoms with van der Waals surface area (Å²) < 4.78 is 4.47. The first-order valence-corrected chi connectivity index (χ1v) is 2.42. The third kappa shape index (κ3) is 1.02. The lowest BCUT2D eigenvalue weighted by atomic mass is 10.4. The minimum Gasteiger partial charge on any atom is -0.454 e. The third-order valence-corrected chi connectivity index (χ3v) is 0.933. The van der Waals surface area contributed by atoms with E-state index < -0.39 is 4.92 Å². The number of hydrogen-bond acceptors (Lipinski definition) is 4. The van der Waals surface area contributed by atoms with Gasteiger partial charge in [-0.25, -0.2) is 0 Å². The Morgan fingerprint density at radius 1 is 1.70 bits per heavy atom. The van der Waals surface area contributed by atoms with Crippen molar-refractivity contribution in [1.82, 2.24) is 0 Å². The molecule has 5 nitrogen and oxygen atoms in total. The minimum atomic E-state index is -0.628. The monoisotopic (exact) mass is 141 g/mol. The van der Waals surface area contributed by atoms with Crippen molar-refractivity contribution < 1.29 is 14.1 Å². The molecule has 0 radical (unpaired) electrons. The summed E-state index contributed by atoms with van der Waals surface area (Å²) in [5.74, 6) is -0.0355. The molecule has 0 aliphatic carbocycles. The standard InChI is InChI=1S/C5H3NO4/c7-2-5-1-4(3-10-5)6(8)9/h1-3H. The number of aldehydes is 1. The third-order valence-electron chi connectivity index (χ3n) is 0.933. The molecule has 0 saturated heterocycles. The molecule has 10 heavy (non-hydrogen) atoms. The van der Waals surface area contributed by atoms with E-state index in [1.165, 1.54) is 0 Å². The van der Waals surface area contributed by atoms with Crippen LogP contribution in [0.2, 0.25) is 0 Å². The number of carbonyl (C=O) groups excluding carboxylic acids is 1. The van der Waals surface area contributed by atoms with Crippen molar-refractivity contribution in [3.63, 3.8) is 0 Å². The summed E-state index contributed by atoms with van der Waals surface area (Å²) in [6, 6.07) is 1.06. The highest BCUT2D eigenvalue weighted by atomic mass is 16.6. The molecule has 0 aliphatic heterocycles. The van der Waals surface area contributed by atoms with Crippen molar-refractivity contribution in [2.24, 2.45) is 0 Å². The zero-order valence-corrected chi connectivity index (χ0v) is 4.81. The first-order chi connectivity index (χ1) is 4.74. The van der Waals surface area contributed by atoms with E-state index in [9.17, 15) is 14.9 Å². The summed E-state index contributed by atoms with van der Waals surface area (Å²) in [7, 11) is 0. The summed E-state index contributed by atoms with van der Waals surface area (Å²) in [6.07, 6.45) is 1.33. The predicted molar refractivity (Wildman–Crippen MR) is 30.7 cm³/mol. The second-order valence-electron chi connectivity index (χ2n) is 1.58. The maximum absolute atomic E-state index is 9.96. The van der Waals surface area contributed by atoms with Crippen LogP contribution < -0.4 is 0 Å². The predicted octanol–water partition coefficient (Wildman–Crippen LogP) is 1.00. The Labute approximate surface area is 55.4 Å². The number of nitro groups is 1. The molecule has 52 valence electrons. The Morgan fingerprint density at radius 2 is 2.40 bits per heavy atom. The molecule has 1 heterocycles. The number of furan rings is 1. The van der Waals surface area contributed by atoms with E-state index in [0.717, 1.165) is 12.3 Å². The number of hydrogen-bond donors (Lipinski definition) is 0. The molecular formula is C5H3NO4. The summed E-state index contributed by atoms with van der Waals surface area (Å²) in [5.41, 5.74) is -0.206. The lowest BCUT2D eigenvalue weighted by Gasteiger charge is -1.76. The number of nitrogens with zero attached hydrogens (tertiary/aromatic N) is 1. The average molecular weight is 141 g/mol. The van der Waals surface area contributed by atoms with Crippen molar-refractivity contribution in [2.75, 3.05) is 0 Å². The van der Waals surface area contributed by atoms with Gasteiger partial charge in [-0.3, -0.25) is 14.9 Å². The topological polar surface area (TPSA) is 73.3 Å². The quantitative estimate of drug-likeness (QED) is 0.350. The highest BCUT2D eigenvalue weighted by Crippen LogP contribution is 2.13. The Bertz CT molecular complexity index is 264. The van der Waals surface area contributed by atoms with Gasteiger partial charge < -0.3 is 4.42 Å². The lowest BCUT2D eigenvalue weighted by molar-refractivity contribution is -0.385. The largest absolute Gasteiger partial charge is 0.454 e. The van der Waals surface area contributed by atoms with Crippen molar-refractivity contribution in [3.05, 3.63) is 28.2 Å². The minimum absolute atomic E-state index is 0.0355. The molecule has 0 saturated carbocycles. The second kappa shape index (κ2) is 2.30. The molecule has 0 N–H and O–H groups in total. The normalized spacial score (nSPS) is 9.20. The van der Waals surface area contributed by atoms with Gasteiger partial charge in [0.2, 0.25) is 0 Å². The Hall–Kier alpha value is -1.65. The SMILES string of the molecule is O=Cc1cc([N+](=O)[O-])co1. The van der Waals surface area contributed by atoms with E-state index in [0.29, 0.717) is 6.29 Å². The van der Waals surface area contributed by atoms with Gasteiger partial charge in [0, 0.05) is 0 Å². The zero-order valence-electron chi connectivity index (χ0n) is 4.81. The van der Waals surface area contributed by atoms with Crippen LogP contribution in [-0.4, -0.2) is 11.2 Å². The zero-order chi connectivity index (χ0) is 7.56. The first-order valence-electron chi connectivity index (χ1n) is 2.42. The van der Waals surface area contributed by atoms with Crippen LogP contribution in [0.4, 0.5) is 5.69 Å².